The van der Waals surface area contributed by atoms with E-state index in [2.05, 4.69) is 26.0 Å². The first-order valence-corrected chi connectivity index (χ1v) is 7.08. The fraction of sp³-hybridized carbons (Fsp3) is 0.636. The number of aryl methyl sites for hydroxylation is 1. The van der Waals surface area contributed by atoms with Crippen molar-refractivity contribution in [3.63, 3.8) is 0 Å². The minimum absolute atomic E-state index is 0.644. The third-order valence-electron chi connectivity index (χ3n) is 2.11. The van der Waals surface area contributed by atoms with Gasteiger partial charge in [-0.3, -0.25) is 0 Å². The quantitative estimate of drug-likeness (QED) is 0.811. The zero-order valence-corrected chi connectivity index (χ0v) is 10.6. The minimum Gasteiger partial charge on any atom is -0.330 e. The summed E-state index contributed by atoms with van der Waals surface area (Å²) < 4.78 is 0. The van der Waals surface area contributed by atoms with E-state index in [9.17, 15) is 0 Å². The lowest BCUT2D eigenvalue weighted by molar-refractivity contribution is 0.675. The monoisotopic (exact) mass is 229 g/mol. The van der Waals surface area contributed by atoms with E-state index in [0.717, 1.165) is 18.7 Å². The van der Waals surface area contributed by atoms with Gasteiger partial charge in [0, 0.05) is 15.5 Å². The summed E-state index contributed by atoms with van der Waals surface area (Å²) in [5.74, 6) is 2.97. The van der Waals surface area contributed by atoms with Crippen molar-refractivity contribution in [1.29, 1.82) is 0 Å². The Morgan fingerprint density at radius 1 is 1.43 bits per heavy atom. The normalized spacial score (nSPS) is 13.1. The maximum atomic E-state index is 5.57. The molecule has 0 saturated carbocycles. The van der Waals surface area contributed by atoms with Crippen molar-refractivity contribution in [2.75, 3.05) is 12.3 Å². The maximum Gasteiger partial charge on any atom is 0.0279 e. The molecular weight excluding hydrogens is 210 g/mol. The van der Waals surface area contributed by atoms with Gasteiger partial charge < -0.3 is 5.73 Å². The first-order valence-electron chi connectivity index (χ1n) is 5.11. The first kappa shape index (κ1) is 12.1. The van der Waals surface area contributed by atoms with Gasteiger partial charge in [0.15, 0.2) is 0 Å². The molecule has 3 heteroatoms. The summed E-state index contributed by atoms with van der Waals surface area (Å²) in [6.07, 6.45) is 1.16. The zero-order valence-electron chi connectivity index (χ0n) is 8.95. The van der Waals surface area contributed by atoms with Crippen molar-refractivity contribution in [1.82, 2.24) is 0 Å². The number of rotatable bonds is 6. The van der Waals surface area contributed by atoms with Gasteiger partial charge in [-0.1, -0.05) is 13.8 Å². The van der Waals surface area contributed by atoms with Gasteiger partial charge in [-0.2, -0.15) is 11.8 Å². The van der Waals surface area contributed by atoms with Gasteiger partial charge in [0.2, 0.25) is 0 Å². The first-order chi connectivity index (χ1) is 6.76. The number of thioether (sulfide) groups is 1. The average molecular weight is 229 g/mol. The molecule has 80 valence electrons. The molecule has 0 aliphatic heterocycles. The Kier molecular flexibility index (Phi) is 5.60. The third kappa shape index (κ3) is 4.03. The van der Waals surface area contributed by atoms with Crippen LogP contribution in [0.1, 0.15) is 23.6 Å². The molecule has 0 aliphatic carbocycles. The van der Waals surface area contributed by atoms with Crippen LogP contribution in [-0.4, -0.2) is 12.3 Å². The highest BCUT2D eigenvalue weighted by atomic mass is 32.2. The van der Waals surface area contributed by atoms with E-state index in [1.165, 1.54) is 15.5 Å². The molecule has 0 saturated heterocycles. The van der Waals surface area contributed by atoms with Crippen LogP contribution in [0.3, 0.4) is 0 Å². The van der Waals surface area contributed by atoms with Crippen molar-refractivity contribution in [3.05, 3.63) is 21.9 Å². The molecule has 1 aromatic heterocycles. The Morgan fingerprint density at radius 2 is 2.14 bits per heavy atom. The van der Waals surface area contributed by atoms with E-state index in [-0.39, 0.29) is 0 Å². The lowest BCUT2D eigenvalue weighted by Gasteiger charge is -2.06. The van der Waals surface area contributed by atoms with Crippen molar-refractivity contribution in [3.8, 4) is 0 Å². The Labute approximate surface area is 95.1 Å². The molecular formula is C11H19NS2. The summed E-state index contributed by atoms with van der Waals surface area (Å²) in [5.41, 5.74) is 5.57. The molecule has 0 fully saturated rings. The fourth-order valence-corrected chi connectivity index (χ4v) is 3.31. The molecule has 0 amide bonds. The number of hydrogen-bond acceptors (Lipinski definition) is 3. The molecule has 2 N–H and O–H groups in total. The van der Waals surface area contributed by atoms with Crippen molar-refractivity contribution in [2.24, 2.45) is 11.7 Å². The standard InChI is InChI=1S/C11H19NS2/c1-3-10-4-5-11(14-10)8-13-7-9(2)6-12/h4-5,9H,3,6-8,12H2,1-2H3. The summed E-state index contributed by atoms with van der Waals surface area (Å²) in [6, 6.07) is 4.50. The van der Waals surface area contributed by atoms with Gasteiger partial charge in [-0.05, 0) is 36.8 Å². The van der Waals surface area contributed by atoms with E-state index in [1.807, 2.05) is 23.1 Å². The van der Waals surface area contributed by atoms with Crippen LogP contribution in [0.5, 0.6) is 0 Å². The second kappa shape index (κ2) is 6.49. The second-order valence-electron chi connectivity index (χ2n) is 3.58. The summed E-state index contributed by atoms with van der Waals surface area (Å²) in [7, 11) is 0. The molecule has 1 unspecified atom stereocenters. The highest BCUT2D eigenvalue weighted by Crippen LogP contribution is 2.22. The minimum atomic E-state index is 0.644. The van der Waals surface area contributed by atoms with Gasteiger partial charge in [-0.15, -0.1) is 11.3 Å². The smallest absolute Gasteiger partial charge is 0.0279 e. The molecule has 1 heterocycles. The molecule has 1 aromatic rings. The average Bonchev–Trinajstić information content (AvgIpc) is 2.65. The van der Waals surface area contributed by atoms with E-state index in [4.69, 9.17) is 5.73 Å². The molecule has 0 aliphatic rings. The van der Waals surface area contributed by atoms with Crippen LogP contribution >= 0.6 is 23.1 Å². The van der Waals surface area contributed by atoms with Crippen LogP contribution in [0.25, 0.3) is 0 Å². The summed E-state index contributed by atoms with van der Waals surface area (Å²) in [5, 5.41) is 0. The molecule has 1 rings (SSSR count). The lowest BCUT2D eigenvalue weighted by atomic mass is 10.2. The second-order valence-corrected chi connectivity index (χ2v) is 5.86. The Balaban J connectivity index is 2.24. The largest absolute Gasteiger partial charge is 0.330 e. The summed E-state index contributed by atoms with van der Waals surface area (Å²) >= 11 is 3.93. The highest BCUT2D eigenvalue weighted by Gasteiger charge is 2.01. The lowest BCUT2D eigenvalue weighted by Crippen LogP contribution is -2.12. The van der Waals surface area contributed by atoms with Crippen LogP contribution in [0.2, 0.25) is 0 Å². The molecule has 0 aromatic carbocycles. The predicted octanol–water partition coefficient (Wildman–Crippen LogP) is 3.14. The van der Waals surface area contributed by atoms with E-state index in [1.54, 1.807) is 0 Å². The summed E-state index contributed by atoms with van der Waals surface area (Å²) in [4.78, 5) is 2.99. The van der Waals surface area contributed by atoms with Gasteiger partial charge in [0.05, 0.1) is 0 Å². The number of hydrogen-bond donors (Lipinski definition) is 1. The number of thiophene rings is 1. The van der Waals surface area contributed by atoms with E-state index >= 15 is 0 Å². The molecule has 1 atom stereocenters. The Bertz CT molecular complexity index is 258. The molecule has 0 radical (unpaired) electrons. The summed E-state index contributed by atoms with van der Waals surface area (Å²) in [6.45, 7) is 5.22. The van der Waals surface area contributed by atoms with E-state index in [0.29, 0.717) is 5.92 Å². The molecule has 14 heavy (non-hydrogen) atoms. The SMILES string of the molecule is CCc1ccc(CSCC(C)CN)s1. The van der Waals surface area contributed by atoms with Gasteiger partial charge in [0.1, 0.15) is 0 Å². The van der Waals surface area contributed by atoms with E-state index < -0.39 is 0 Å². The Morgan fingerprint density at radius 3 is 2.71 bits per heavy atom. The van der Waals surface area contributed by atoms with Gasteiger partial charge >= 0.3 is 0 Å². The van der Waals surface area contributed by atoms with Crippen LogP contribution in [0.15, 0.2) is 12.1 Å². The zero-order chi connectivity index (χ0) is 10.4. The van der Waals surface area contributed by atoms with Crippen LogP contribution in [-0.2, 0) is 12.2 Å². The van der Waals surface area contributed by atoms with Gasteiger partial charge in [-0.25, -0.2) is 0 Å². The number of nitrogens with two attached hydrogens (primary N) is 1. The van der Waals surface area contributed by atoms with Crippen LogP contribution in [0.4, 0.5) is 0 Å². The maximum absolute atomic E-state index is 5.57. The molecule has 0 bridgehead atoms. The molecule has 1 nitrogen and oxygen atoms in total. The van der Waals surface area contributed by atoms with Crippen molar-refractivity contribution >= 4 is 23.1 Å². The highest BCUT2D eigenvalue weighted by molar-refractivity contribution is 7.98. The van der Waals surface area contributed by atoms with Gasteiger partial charge in [0.25, 0.3) is 0 Å². The topological polar surface area (TPSA) is 26.0 Å². The third-order valence-corrected chi connectivity index (χ3v) is 4.85. The van der Waals surface area contributed by atoms with Crippen LogP contribution in [0, 0.1) is 5.92 Å². The predicted molar refractivity (Wildman–Crippen MR) is 68.1 cm³/mol. The fourth-order valence-electron chi connectivity index (χ4n) is 1.12. The Hall–Kier alpha value is 0.01000. The van der Waals surface area contributed by atoms with Crippen LogP contribution < -0.4 is 5.73 Å². The van der Waals surface area contributed by atoms with Crippen molar-refractivity contribution < 1.29 is 0 Å². The molecule has 0 spiro atoms. The van der Waals surface area contributed by atoms with Crippen molar-refractivity contribution in [2.45, 2.75) is 26.0 Å².